The van der Waals surface area contributed by atoms with Gasteiger partial charge in [0.1, 0.15) is 36.0 Å². The smallest absolute Gasteiger partial charge is 0.347 e. The van der Waals surface area contributed by atoms with Gasteiger partial charge in [-0.2, -0.15) is 0 Å². The molecule has 0 aliphatic heterocycles. The zero-order valence-electron chi connectivity index (χ0n) is 15.9. The van der Waals surface area contributed by atoms with Crippen LogP contribution in [0, 0.1) is 0 Å². The number of carbonyl (C=O) groups excluding carboxylic acids is 1. The van der Waals surface area contributed by atoms with Gasteiger partial charge in [0.2, 0.25) is 12.3 Å². The lowest BCUT2D eigenvalue weighted by Crippen LogP contribution is -2.14. The van der Waals surface area contributed by atoms with Crippen molar-refractivity contribution in [3.05, 3.63) is 90.8 Å². The van der Waals surface area contributed by atoms with Gasteiger partial charge in [0.05, 0.1) is 0 Å². The summed E-state index contributed by atoms with van der Waals surface area (Å²) in [7, 11) is 0. The van der Waals surface area contributed by atoms with Gasteiger partial charge in [-0.1, -0.05) is 30.3 Å². The minimum Gasteiger partial charge on any atom is -0.490 e. The number of hydrogen-bond acceptors (Lipinski definition) is 7. The second-order valence-electron chi connectivity index (χ2n) is 6.16. The van der Waals surface area contributed by atoms with E-state index in [2.05, 4.69) is 10.2 Å². The van der Waals surface area contributed by atoms with E-state index in [0.717, 1.165) is 11.3 Å². The second-order valence-corrected chi connectivity index (χ2v) is 6.16. The van der Waals surface area contributed by atoms with Gasteiger partial charge in [0.25, 0.3) is 0 Å². The molecular weight excluding hydrogens is 384 g/mol. The molecule has 0 fully saturated rings. The number of hydrogen-bond donors (Lipinski definition) is 0. The molecule has 0 aliphatic carbocycles. The van der Waals surface area contributed by atoms with Crippen LogP contribution in [0.25, 0.3) is 11.5 Å². The van der Waals surface area contributed by atoms with E-state index in [9.17, 15) is 4.79 Å². The van der Waals surface area contributed by atoms with Crippen molar-refractivity contribution >= 4 is 5.97 Å². The fraction of sp³-hybridized carbons (Fsp3) is 0.0870. The highest BCUT2D eigenvalue weighted by Crippen LogP contribution is 2.23. The summed E-state index contributed by atoms with van der Waals surface area (Å²) in [5, 5.41) is 7.48. The summed E-state index contributed by atoms with van der Waals surface area (Å²) in [6, 6.07) is 23.2. The monoisotopic (exact) mass is 402 g/mol. The Morgan fingerprint density at radius 1 is 0.800 bits per heavy atom. The molecule has 4 aromatic rings. The molecule has 0 saturated carbocycles. The molecule has 0 saturated heterocycles. The van der Waals surface area contributed by atoms with Gasteiger partial charge in [0.15, 0.2) is 0 Å². The Morgan fingerprint density at radius 3 is 2.30 bits per heavy atom. The maximum absolute atomic E-state index is 12.6. The van der Waals surface area contributed by atoms with Crippen molar-refractivity contribution in [2.75, 3.05) is 13.2 Å². The summed E-state index contributed by atoms with van der Waals surface area (Å²) in [4.78, 5) is 12.6. The summed E-state index contributed by atoms with van der Waals surface area (Å²) in [6.45, 7) is 0.641. The molecule has 4 rings (SSSR count). The lowest BCUT2D eigenvalue weighted by molar-refractivity contribution is 0.0729. The van der Waals surface area contributed by atoms with Crippen LogP contribution in [0.4, 0.5) is 0 Å². The number of ether oxygens (including phenoxy) is 3. The molecule has 3 aromatic carbocycles. The van der Waals surface area contributed by atoms with Gasteiger partial charge in [-0.05, 0) is 48.5 Å². The Morgan fingerprint density at radius 2 is 1.53 bits per heavy atom. The van der Waals surface area contributed by atoms with Crippen LogP contribution in [0.5, 0.6) is 17.2 Å². The summed E-state index contributed by atoms with van der Waals surface area (Å²) >= 11 is 0. The van der Waals surface area contributed by atoms with Crippen LogP contribution >= 0.6 is 0 Å². The largest absolute Gasteiger partial charge is 0.490 e. The van der Waals surface area contributed by atoms with Crippen molar-refractivity contribution in [2.24, 2.45) is 0 Å². The first-order valence-corrected chi connectivity index (χ1v) is 9.28. The standard InChI is InChI=1S/C23H18N2O5/c26-23(30-19-12-10-17(11-13-19)22-25-24-16-29-22)20-8-4-5-9-21(20)28-15-14-27-18-6-2-1-3-7-18/h1-13,16H,14-15H2. The minimum absolute atomic E-state index is 0.290. The SMILES string of the molecule is O=C(Oc1ccc(-c2nnco2)cc1)c1ccccc1OCCOc1ccccc1. The van der Waals surface area contributed by atoms with E-state index in [-0.39, 0.29) is 6.61 Å². The van der Waals surface area contributed by atoms with Crippen molar-refractivity contribution in [1.82, 2.24) is 10.2 Å². The van der Waals surface area contributed by atoms with Gasteiger partial charge in [-0.15, -0.1) is 10.2 Å². The van der Waals surface area contributed by atoms with E-state index in [4.69, 9.17) is 18.6 Å². The van der Waals surface area contributed by atoms with Crippen LogP contribution in [-0.4, -0.2) is 29.4 Å². The fourth-order valence-corrected chi connectivity index (χ4v) is 2.72. The third kappa shape index (κ3) is 4.82. The predicted octanol–water partition coefficient (Wildman–Crippen LogP) is 4.41. The fourth-order valence-electron chi connectivity index (χ4n) is 2.72. The topological polar surface area (TPSA) is 83.7 Å². The molecule has 0 atom stereocenters. The number of para-hydroxylation sites is 2. The molecule has 7 nitrogen and oxygen atoms in total. The number of aromatic nitrogens is 2. The number of nitrogens with zero attached hydrogens (tertiary/aromatic N) is 2. The summed E-state index contributed by atoms with van der Waals surface area (Å²) in [6.07, 6.45) is 1.26. The Hall–Kier alpha value is -4.13. The third-order valence-corrected chi connectivity index (χ3v) is 4.13. The van der Waals surface area contributed by atoms with E-state index in [1.54, 1.807) is 48.5 Å². The summed E-state index contributed by atoms with van der Waals surface area (Å²) < 4.78 is 22.0. The van der Waals surface area contributed by atoms with E-state index in [1.807, 2.05) is 30.3 Å². The Labute approximate surface area is 172 Å². The van der Waals surface area contributed by atoms with Crippen LogP contribution in [0.2, 0.25) is 0 Å². The molecule has 0 bridgehead atoms. The highest BCUT2D eigenvalue weighted by Gasteiger charge is 2.15. The first kappa shape index (κ1) is 19.2. The lowest BCUT2D eigenvalue weighted by Gasteiger charge is -2.12. The van der Waals surface area contributed by atoms with E-state index >= 15 is 0 Å². The van der Waals surface area contributed by atoms with Crippen LogP contribution in [-0.2, 0) is 0 Å². The number of benzene rings is 3. The molecule has 0 radical (unpaired) electrons. The maximum Gasteiger partial charge on any atom is 0.347 e. The van der Waals surface area contributed by atoms with Crippen molar-refractivity contribution in [1.29, 1.82) is 0 Å². The number of rotatable bonds is 8. The highest BCUT2D eigenvalue weighted by molar-refractivity contribution is 5.94. The first-order valence-electron chi connectivity index (χ1n) is 9.28. The Bertz CT molecular complexity index is 1080. The average molecular weight is 402 g/mol. The van der Waals surface area contributed by atoms with Crippen LogP contribution in [0.1, 0.15) is 10.4 Å². The third-order valence-electron chi connectivity index (χ3n) is 4.13. The van der Waals surface area contributed by atoms with Gasteiger partial charge in [0, 0.05) is 5.56 Å². The molecule has 150 valence electrons. The normalized spacial score (nSPS) is 10.4. The molecular formula is C23H18N2O5. The van der Waals surface area contributed by atoms with E-state index in [0.29, 0.717) is 29.6 Å². The number of carbonyl (C=O) groups is 1. The molecule has 0 amide bonds. The molecule has 0 spiro atoms. The first-order chi connectivity index (χ1) is 14.8. The van der Waals surface area contributed by atoms with E-state index in [1.165, 1.54) is 6.39 Å². The van der Waals surface area contributed by atoms with Crippen LogP contribution < -0.4 is 14.2 Å². The quantitative estimate of drug-likeness (QED) is 0.245. The van der Waals surface area contributed by atoms with Crippen molar-refractivity contribution in [3.63, 3.8) is 0 Å². The van der Waals surface area contributed by atoms with Crippen molar-refractivity contribution < 1.29 is 23.4 Å². The van der Waals surface area contributed by atoms with Gasteiger partial charge in [-0.3, -0.25) is 0 Å². The molecule has 30 heavy (non-hydrogen) atoms. The van der Waals surface area contributed by atoms with E-state index < -0.39 is 5.97 Å². The molecule has 7 heteroatoms. The minimum atomic E-state index is -0.514. The summed E-state index contributed by atoms with van der Waals surface area (Å²) in [5.74, 6) is 1.47. The molecule has 0 unspecified atom stereocenters. The average Bonchev–Trinajstić information content (AvgIpc) is 3.33. The van der Waals surface area contributed by atoms with Gasteiger partial charge < -0.3 is 18.6 Å². The zero-order valence-corrected chi connectivity index (χ0v) is 15.9. The van der Waals surface area contributed by atoms with Crippen molar-refractivity contribution in [2.45, 2.75) is 0 Å². The lowest BCUT2D eigenvalue weighted by atomic mass is 10.2. The predicted molar refractivity (Wildman–Crippen MR) is 109 cm³/mol. The highest BCUT2D eigenvalue weighted by atomic mass is 16.5. The summed E-state index contributed by atoms with van der Waals surface area (Å²) in [5.41, 5.74) is 1.06. The van der Waals surface area contributed by atoms with Crippen molar-refractivity contribution in [3.8, 4) is 28.7 Å². The van der Waals surface area contributed by atoms with Crippen LogP contribution in [0.15, 0.2) is 89.7 Å². The van der Waals surface area contributed by atoms with Gasteiger partial charge in [-0.25, -0.2) is 4.79 Å². The Kier molecular flexibility index (Phi) is 6.00. The van der Waals surface area contributed by atoms with Crippen LogP contribution in [0.3, 0.4) is 0 Å². The molecule has 0 N–H and O–H groups in total. The number of esters is 1. The second kappa shape index (κ2) is 9.38. The zero-order chi connectivity index (χ0) is 20.6. The molecule has 1 aromatic heterocycles. The van der Waals surface area contributed by atoms with Gasteiger partial charge >= 0.3 is 5.97 Å². The maximum atomic E-state index is 12.6. The Balaban J connectivity index is 1.36. The molecule has 0 aliphatic rings. The molecule has 1 heterocycles.